The predicted octanol–water partition coefficient (Wildman–Crippen LogP) is 2.46. The van der Waals surface area contributed by atoms with E-state index in [1.165, 1.54) is 25.7 Å². The monoisotopic (exact) mass is 154 g/mol. The Bertz CT molecular complexity index is 131. The van der Waals surface area contributed by atoms with E-state index in [0.29, 0.717) is 0 Å². The van der Waals surface area contributed by atoms with E-state index in [-0.39, 0.29) is 0 Å². The van der Waals surface area contributed by atoms with E-state index in [9.17, 15) is 0 Å². The number of ether oxygens (including phenoxy) is 1. The summed E-state index contributed by atoms with van der Waals surface area (Å²) in [5.74, 6) is 2.83. The van der Waals surface area contributed by atoms with Crippen molar-refractivity contribution in [2.75, 3.05) is 13.2 Å². The second-order valence-electron chi connectivity index (χ2n) is 4.20. The van der Waals surface area contributed by atoms with Crippen molar-refractivity contribution in [3.8, 4) is 0 Å². The molecule has 3 atom stereocenters. The summed E-state index contributed by atoms with van der Waals surface area (Å²) in [6, 6.07) is 0. The van der Waals surface area contributed by atoms with Crippen LogP contribution >= 0.6 is 0 Å². The van der Waals surface area contributed by atoms with Crippen LogP contribution in [0.3, 0.4) is 0 Å². The molecule has 1 saturated heterocycles. The maximum absolute atomic E-state index is 5.51. The zero-order valence-corrected chi connectivity index (χ0v) is 7.38. The van der Waals surface area contributed by atoms with Crippen LogP contribution in [0.15, 0.2) is 0 Å². The molecule has 1 heteroatoms. The van der Waals surface area contributed by atoms with E-state index < -0.39 is 0 Å². The lowest BCUT2D eigenvalue weighted by Gasteiger charge is -2.39. The van der Waals surface area contributed by atoms with Gasteiger partial charge in [0.15, 0.2) is 0 Å². The van der Waals surface area contributed by atoms with Crippen LogP contribution in [0.25, 0.3) is 0 Å². The molecule has 0 bridgehead atoms. The SMILES string of the molecule is CC1CCCC2CCOCC12. The number of hydrogen-bond donors (Lipinski definition) is 0. The van der Waals surface area contributed by atoms with Gasteiger partial charge in [-0.2, -0.15) is 0 Å². The lowest BCUT2D eigenvalue weighted by molar-refractivity contribution is -0.0247. The highest BCUT2D eigenvalue weighted by molar-refractivity contribution is 4.81. The van der Waals surface area contributed by atoms with E-state index in [1.807, 2.05) is 0 Å². The summed E-state index contributed by atoms with van der Waals surface area (Å²) in [5, 5.41) is 0. The fourth-order valence-electron chi connectivity index (χ4n) is 2.71. The highest BCUT2D eigenvalue weighted by Crippen LogP contribution is 2.38. The molecule has 0 aromatic carbocycles. The van der Waals surface area contributed by atoms with Crippen molar-refractivity contribution >= 4 is 0 Å². The molecular formula is C10H18O. The Morgan fingerprint density at radius 2 is 2.09 bits per heavy atom. The first kappa shape index (κ1) is 7.60. The van der Waals surface area contributed by atoms with Crippen LogP contribution in [-0.4, -0.2) is 13.2 Å². The van der Waals surface area contributed by atoms with E-state index in [2.05, 4.69) is 6.92 Å². The first-order valence-electron chi connectivity index (χ1n) is 4.95. The highest BCUT2D eigenvalue weighted by atomic mass is 16.5. The average Bonchev–Trinajstić information content (AvgIpc) is 2.06. The van der Waals surface area contributed by atoms with Gasteiger partial charge in [0.2, 0.25) is 0 Å². The molecule has 1 saturated carbocycles. The summed E-state index contributed by atoms with van der Waals surface area (Å²) < 4.78 is 5.51. The second-order valence-corrected chi connectivity index (χ2v) is 4.20. The summed E-state index contributed by atoms with van der Waals surface area (Å²) in [6.07, 6.45) is 5.69. The van der Waals surface area contributed by atoms with Gasteiger partial charge in [0, 0.05) is 13.2 Å². The van der Waals surface area contributed by atoms with Crippen molar-refractivity contribution in [3.63, 3.8) is 0 Å². The van der Waals surface area contributed by atoms with Crippen LogP contribution in [-0.2, 0) is 4.74 Å². The van der Waals surface area contributed by atoms with Crippen LogP contribution in [0.2, 0.25) is 0 Å². The third-order valence-electron chi connectivity index (χ3n) is 3.51. The quantitative estimate of drug-likeness (QED) is 0.521. The topological polar surface area (TPSA) is 9.23 Å². The Morgan fingerprint density at radius 3 is 2.91 bits per heavy atom. The Kier molecular flexibility index (Phi) is 2.17. The van der Waals surface area contributed by atoms with Gasteiger partial charge in [-0.25, -0.2) is 0 Å². The molecule has 3 unspecified atom stereocenters. The van der Waals surface area contributed by atoms with Gasteiger partial charge in [-0.05, 0) is 30.6 Å². The fourth-order valence-corrected chi connectivity index (χ4v) is 2.71. The molecule has 1 aliphatic heterocycles. The molecule has 11 heavy (non-hydrogen) atoms. The van der Waals surface area contributed by atoms with Crippen LogP contribution in [0.5, 0.6) is 0 Å². The van der Waals surface area contributed by atoms with Gasteiger partial charge >= 0.3 is 0 Å². The summed E-state index contributed by atoms with van der Waals surface area (Å²) in [4.78, 5) is 0. The van der Waals surface area contributed by atoms with E-state index >= 15 is 0 Å². The average molecular weight is 154 g/mol. The molecule has 1 aliphatic carbocycles. The molecule has 2 aliphatic rings. The third-order valence-corrected chi connectivity index (χ3v) is 3.51. The van der Waals surface area contributed by atoms with Crippen molar-refractivity contribution in [3.05, 3.63) is 0 Å². The zero-order valence-electron chi connectivity index (χ0n) is 7.38. The summed E-state index contributed by atoms with van der Waals surface area (Å²) in [7, 11) is 0. The van der Waals surface area contributed by atoms with Gasteiger partial charge < -0.3 is 4.74 Å². The van der Waals surface area contributed by atoms with Crippen molar-refractivity contribution < 1.29 is 4.74 Å². The van der Waals surface area contributed by atoms with Gasteiger partial charge in [0.1, 0.15) is 0 Å². The molecule has 0 radical (unpaired) electrons. The van der Waals surface area contributed by atoms with Gasteiger partial charge in [-0.3, -0.25) is 0 Å². The van der Waals surface area contributed by atoms with Gasteiger partial charge in [0.05, 0.1) is 0 Å². The minimum Gasteiger partial charge on any atom is -0.381 e. The molecule has 1 heterocycles. The standard InChI is InChI=1S/C10H18O/c1-8-3-2-4-9-5-6-11-7-10(8)9/h8-10H,2-7H2,1H3. The summed E-state index contributed by atoms with van der Waals surface area (Å²) in [6.45, 7) is 4.46. The molecule has 1 nitrogen and oxygen atoms in total. The molecule has 0 spiro atoms. The van der Waals surface area contributed by atoms with Gasteiger partial charge in [-0.1, -0.05) is 19.8 Å². The molecule has 64 valence electrons. The molecule has 0 aromatic rings. The molecular weight excluding hydrogens is 136 g/mol. The maximum Gasteiger partial charge on any atom is 0.0499 e. The minimum atomic E-state index is 0.900. The predicted molar refractivity (Wildman–Crippen MR) is 45.4 cm³/mol. The number of hydrogen-bond acceptors (Lipinski definition) is 1. The molecule has 0 N–H and O–H groups in total. The molecule has 0 amide bonds. The zero-order chi connectivity index (χ0) is 7.68. The van der Waals surface area contributed by atoms with Crippen LogP contribution in [0.1, 0.15) is 32.6 Å². The highest BCUT2D eigenvalue weighted by Gasteiger charge is 2.32. The van der Waals surface area contributed by atoms with E-state index in [0.717, 1.165) is 31.0 Å². The maximum atomic E-state index is 5.51. The van der Waals surface area contributed by atoms with Gasteiger partial charge in [0.25, 0.3) is 0 Å². The van der Waals surface area contributed by atoms with Crippen molar-refractivity contribution in [2.24, 2.45) is 17.8 Å². The van der Waals surface area contributed by atoms with Crippen LogP contribution < -0.4 is 0 Å². The smallest absolute Gasteiger partial charge is 0.0499 e. The summed E-state index contributed by atoms with van der Waals surface area (Å²) >= 11 is 0. The van der Waals surface area contributed by atoms with Crippen molar-refractivity contribution in [2.45, 2.75) is 32.6 Å². The third kappa shape index (κ3) is 1.44. The Labute approximate surface area is 69.1 Å². The normalized spacial score (nSPS) is 45.0. The second kappa shape index (κ2) is 3.14. The first-order chi connectivity index (χ1) is 5.38. The van der Waals surface area contributed by atoms with E-state index in [4.69, 9.17) is 4.74 Å². The van der Waals surface area contributed by atoms with Gasteiger partial charge in [-0.15, -0.1) is 0 Å². The Balaban J connectivity index is 1.99. The van der Waals surface area contributed by atoms with Crippen LogP contribution in [0.4, 0.5) is 0 Å². The minimum absolute atomic E-state index is 0.900. The lowest BCUT2D eigenvalue weighted by Crippen LogP contribution is -2.35. The molecule has 0 aromatic heterocycles. The lowest BCUT2D eigenvalue weighted by atomic mass is 9.71. The van der Waals surface area contributed by atoms with E-state index in [1.54, 1.807) is 0 Å². The Morgan fingerprint density at radius 1 is 1.18 bits per heavy atom. The van der Waals surface area contributed by atoms with Crippen molar-refractivity contribution in [1.29, 1.82) is 0 Å². The number of fused-ring (bicyclic) bond motifs is 1. The van der Waals surface area contributed by atoms with Crippen LogP contribution in [0, 0.1) is 17.8 Å². The van der Waals surface area contributed by atoms with Crippen molar-refractivity contribution in [1.82, 2.24) is 0 Å². The summed E-state index contributed by atoms with van der Waals surface area (Å²) in [5.41, 5.74) is 0. The molecule has 2 rings (SSSR count). The number of rotatable bonds is 0. The fraction of sp³-hybridized carbons (Fsp3) is 1.00. The first-order valence-corrected chi connectivity index (χ1v) is 4.95. The molecule has 2 fully saturated rings. The Hall–Kier alpha value is -0.0400. The largest absolute Gasteiger partial charge is 0.381 e.